The van der Waals surface area contributed by atoms with Gasteiger partial charge in [-0.25, -0.2) is 26.7 Å². The van der Waals surface area contributed by atoms with Gasteiger partial charge in [0.2, 0.25) is 20.0 Å². The van der Waals surface area contributed by atoms with E-state index in [2.05, 4.69) is 4.72 Å². The SMILES string of the molecule is CC(CO)CNS(=O)(=O)c1cccc(S(N)(=O)=O)c1. The highest BCUT2D eigenvalue weighted by molar-refractivity contribution is 7.90. The lowest BCUT2D eigenvalue weighted by molar-refractivity contribution is 0.238. The van der Waals surface area contributed by atoms with E-state index in [0.29, 0.717) is 0 Å². The van der Waals surface area contributed by atoms with Gasteiger partial charge in [0.1, 0.15) is 0 Å². The Bertz CT molecular complexity index is 640. The summed E-state index contributed by atoms with van der Waals surface area (Å²) < 4.78 is 48.4. The maximum absolute atomic E-state index is 11.9. The first-order valence-electron chi connectivity index (χ1n) is 5.40. The van der Waals surface area contributed by atoms with E-state index in [0.717, 1.165) is 6.07 Å². The molecule has 1 unspecified atom stereocenters. The Morgan fingerprint density at radius 3 is 2.37 bits per heavy atom. The molecule has 0 aromatic heterocycles. The number of hydrogen-bond donors (Lipinski definition) is 3. The average molecular weight is 308 g/mol. The van der Waals surface area contributed by atoms with Crippen LogP contribution in [0.25, 0.3) is 0 Å². The van der Waals surface area contributed by atoms with Crippen molar-refractivity contribution in [3.63, 3.8) is 0 Å². The smallest absolute Gasteiger partial charge is 0.240 e. The molecule has 108 valence electrons. The van der Waals surface area contributed by atoms with Crippen molar-refractivity contribution >= 4 is 20.0 Å². The van der Waals surface area contributed by atoms with Gasteiger partial charge in [-0.3, -0.25) is 0 Å². The van der Waals surface area contributed by atoms with E-state index in [4.69, 9.17) is 10.2 Å². The summed E-state index contributed by atoms with van der Waals surface area (Å²) in [6, 6.07) is 4.76. The number of aliphatic hydroxyl groups excluding tert-OH is 1. The molecule has 1 rings (SSSR count). The van der Waals surface area contributed by atoms with E-state index in [9.17, 15) is 16.8 Å². The van der Waals surface area contributed by atoms with E-state index < -0.39 is 20.0 Å². The molecule has 4 N–H and O–H groups in total. The molecule has 1 aromatic rings. The van der Waals surface area contributed by atoms with Crippen LogP contribution in [-0.4, -0.2) is 35.1 Å². The van der Waals surface area contributed by atoms with Gasteiger partial charge in [0.05, 0.1) is 9.79 Å². The van der Waals surface area contributed by atoms with Gasteiger partial charge < -0.3 is 5.11 Å². The minimum atomic E-state index is -3.95. The van der Waals surface area contributed by atoms with Gasteiger partial charge in [0.25, 0.3) is 0 Å². The Hall–Kier alpha value is -1.00. The van der Waals surface area contributed by atoms with E-state index in [1.54, 1.807) is 6.92 Å². The summed E-state index contributed by atoms with van der Waals surface area (Å²) in [4.78, 5) is -0.463. The zero-order valence-electron chi connectivity index (χ0n) is 10.3. The molecule has 1 atom stereocenters. The van der Waals surface area contributed by atoms with Crippen LogP contribution in [-0.2, 0) is 20.0 Å². The Morgan fingerprint density at radius 1 is 1.26 bits per heavy atom. The molecule has 0 aliphatic heterocycles. The van der Waals surface area contributed by atoms with Crippen molar-refractivity contribution in [2.45, 2.75) is 16.7 Å². The lowest BCUT2D eigenvalue weighted by Crippen LogP contribution is -2.29. The van der Waals surface area contributed by atoms with Crippen molar-refractivity contribution in [1.29, 1.82) is 0 Å². The molecule has 1 aromatic carbocycles. The van der Waals surface area contributed by atoms with Crippen molar-refractivity contribution in [3.8, 4) is 0 Å². The van der Waals surface area contributed by atoms with E-state index >= 15 is 0 Å². The number of benzene rings is 1. The molecular formula is C10H16N2O5S2. The zero-order valence-corrected chi connectivity index (χ0v) is 11.9. The fourth-order valence-corrected chi connectivity index (χ4v) is 3.06. The summed E-state index contributed by atoms with van der Waals surface area (Å²) >= 11 is 0. The molecule has 0 saturated carbocycles. The molecule has 19 heavy (non-hydrogen) atoms. The number of hydrogen-bond acceptors (Lipinski definition) is 5. The van der Waals surface area contributed by atoms with E-state index in [1.807, 2.05) is 0 Å². The monoisotopic (exact) mass is 308 g/mol. The minimum Gasteiger partial charge on any atom is -0.396 e. The van der Waals surface area contributed by atoms with Gasteiger partial charge in [-0.05, 0) is 24.1 Å². The number of nitrogens with one attached hydrogen (secondary N) is 1. The Kier molecular flexibility index (Phi) is 5.04. The first kappa shape index (κ1) is 16.1. The molecule has 0 aliphatic carbocycles. The second kappa shape index (κ2) is 5.97. The van der Waals surface area contributed by atoms with Crippen LogP contribution < -0.4 is 9.86 Å². The topological polar surface area (TPSA) is 127 Å². The Balaban J connectivity index is 3.03. The van der Waals surface area contributed by atoms with Crippen LogP contribution in [0.4, 0.5) is 0 Å². The number of rotatable bonds is 6. The quantitative estimate of drug-likeness (QED) is 0.636. The second-order valence-electron chi connectivity index (χ2n) is 4.16. The van der Waals surface area contributed by atoms with E-state index in [-0.39, 0.29) is 28.9 Å². The first-order valence-corrected chi connectivity index (χ1v) is 8.43. The van der Waals surface area contributed by atoms with Crippen molar-refractivity contribution in [3.05, 3.63) is 24.3 Å². The van der Waals surface area contributed by atoms with Gasteiger partial charge in [0.15, 0.2) is 0 Å². The Morgan fingerprint density at radius 2 is 1.84 bits per heavy atom. The predicted octanol–water partition coefficient (Wildman–Crippen LogP) is -0.759. The van der Waals surface area contributed by atoms with Crippen LogP contribution in [0, 0.1) is 5.92 Å². The van der Waals surface area contributed by atoms with Gasteiger partial charge in [0, 0.05) is 13.2 Å². The lowest BCUT2D eigenvalue weighted by atomic mass is 10.2. The van der Waals surface area contributed by atoms with E-state index in [1.165, 1.54) is 18.2 Å². The number of nitrogens with two attached hydrogens (primary N) is 1. The summed E-state index contributed by atoms with van der Waals surface area (Å²) in [6.07, 6.45) is 0. The molecule has 0 aliphatic rings. The van der Waals surface area contributed by atoms with Crippen LogP contribution in [0.2, 0.25) is 0 Å². The van der Waals surface area contributed by atoms with Gasteiger partial charge in [-0.1, -0.05) is 13.0 Å². The third kappa shape index (κ3) is 4.55. The number of sulfonamides is 2. The molecule has 0 spiro atoms. The van der Waals surface area contributed by atoms with Gasteiger partial charge in [-0.2, -0.15) is 0 Å². The summed E-state index contributed by atoms with van der Waals surface area (Å²) in [7, 11) is -7.78. The number of primary sulfonamides is 1. The first-order chi connectivity index (χ1) is 8.66. The molecule has 0 heterocycles. The summed E-state index contributed by atoms with van der Waals surface area (Å²) in [5, 5.41) is 13.8. The fraction of sp³-hybridized carbons (Fsp3) is 0.400. The summed E-state index contributed by atoms with van der Waals surface area (Å²) in [5.74, 6) is -0.240. The molecule has 0 radical (unpaired) electrons. The molecule has 0 amide bonds. The van der Waals surface area contributed by atoms with Crippen molar-refractivity contribution in [2.75, 3.05) is 13.2 Å². The van der Waals surface area contributed by atoms with Gasteiger partial charge >= 0.3 is 0 Å². The molecule has 0 bridgehead atoms. The predicted molar refractivity (Wildman–Crippen MR) is 69.3 cm³/mol. The van der Waals surface area contributed by atoms with Crippen LogP contribution >= 0.6 is 0 Å². The Labute approximate surface area is 112 Å². The van der Waals surface area contributed by atoms with Crippen molar-refractivity contribution in [1.82, 2.24) is 4.72 Å². The molecule has 7 nitrogen and oxygen atoms in total. The third-order valence-corrected chi connectivity index (χ3v) is 4.71. The maximum atomic E-state index is 11.9. The molecule has 9 heteroatoms. The molecule has 0 saturated heterocycles. The highest BCUT2D eigenvalue weighted by atomic mass is 32.2. The highest BCUT2D eigenvalue weighted by Crippen LogP contribution is 2.14. The highest BCUT2D eigenvalue weighted by Gasteiger charge is 2.17. The van der Waals surface area contributed by atoms with Crippen molar-refractivity contribution in [2.24, 2.45) is 11.1 Å². The lowest BCUT2D eigenvalue weighted by Gasteiger charge is -2.11. The van der Waals surface area contributed by atoms with Crippen LogP contribution in [0.3, 0.4) is 0 Å². The van der Waals surface area contributed by atoms with Gasteiger partial charge in [-0.15, -0.1) is 0 Å². The minimum absolute atomic E-state index is 0.0540. The maximum Gasteiger partial charge on any atom is 0.240 e. The third-order valence-electron chi connectivity index (χ3n) is 2.38. The molecular weight excluding hydrogens is 292 g/mol. The normalized spacial score (nSPS) is 14.3. The van der Waals surface area contributed by atoms with Crippen LogP contribution in [0.1, 0.15) is 6.92 Å². The summed E-state index contributed by atoms with van der Waals surface area (Å²) in [6.45, 7) is 1.57. The number of aliphatic hydroxyl groups is 1. The van der Waals surface area contributed by atoms with Crippen molar-refractivity contribution < 1.29 is 21.9 Å². The largest absolute Gasteiger partial charge is 0.396 e. The fourth-order valence-electron chi connectivity index (χ4n) is 1.22. The average Bonchev–Trinajstić information content (AvgIpc) is 2.35. The zero-order chi connectivity index (χ0) is 14.7. The second-order valence-corrected chi connectivity index (χ2v) is 7.49. The molecule has 0 fully saturated rings. The van der Waals surface area contributed by atoms with Crippen LogP contribution in [0.15, 0.2) is 34.1 Å². The van der Waals surface area contributed by atoms with Crippen LogP contribution in [0.5, 0.6) is 0 Å². The summed E-state index contributed by atoms with van der Waals surface area (Å²) in [5.41, 5.74) is 0. The standard InChI is InChI=1S/C10H16N2O5S2/c1-8(7-13)6-12-19(16,17)10-4-2-3-9(5-10)18(11,14)15/h2-5,8,12-13H,6-7H2,1H3,(H2,11,14,15).